The van der Waals surface area contributed by atoms with E-state index in [0.717, 1.165) is 45.1 Å². The normalized spacial score (nSPS) is 23.8. The lowest BCUT2D eigenvalue weighted by Crippen LogP contribution is -2.53. The molecule has 0 aromatic carbocycles. The lowest BCUT2D eigenvalue weighted by molar-refractivity contribution is 0.155. The Balaban J connectivity index is 2.66. The summed E-state index contributed by atoms with van der Waals surface area (Å²) < 4.78 is 0. The van der Waals surface area contributed by atoms with Gasteiger partial charge in [-0.3, -0.25) is 4.99 Å². The maximum atomic E-state index is 6.09. The topological polar surface area (TPSA) is 44.9 Å². The predicted octanol–water partition coefficient (Wildman–Crippen LogP) is 1.91. The van der Waals surface area contributed by atoms with Crippen molar-refractivity contribution in [1.29, 1.82) is 0 Å². The first-order valence-electron chi connectivity index (χ1n) is 7.43. The molecule has 1 rings (SSSR count). The van der Waals surface area contributed by atoms with E-state index in [9.17, 15) is 0 Å². The number of likely N-dealkylation sites (N-methyl/N-ethyl adjacent to an activating group) is 1. The Bertz CT molecular complexity index is 273. The molecule has 0 fully saturated rings. The van der Waals surface area contributed by atoms with Gasteiger partial charge in [-0.1, -0.05) is 34.1 Å². The zero-order chi connectivity index (χ0) is 13.6. The van der Waals surface area contributed by atoms with E-state index >= 15 is 0 Å². The summed E-state index contributed by atoms with van der Waals surface area (Å²) in [7, 11) is 0. The van der Waals surface area contributed by atoms with Crippen LogP contribution in [-0.2, 0) is 0 Å². The van der Waals surface area contributed by atoms with Crippen molar-refractivity contribution >= 4 is 5.96 Å². The van der Waals surface area contributed by atoms with E-state index in [1.54, 1.807) is 0 Å². The first-order valence-corrected chi connectivity index (χ1v) is 7.43. The average Bonchev–Trinajstić information content (AvgIpc) is 2.69. The Morgan fingerprint density at radius 2 is 1.94 bits per heavy atom. The Labute approximate surface area is 112 Å². The minimum absolute atomic E-state index is 0.186. The van der Waals surface area contributed by atoms with Gasteiger partial charge in [0.15, 0.2) is 5.96 Å². The summed E-state index contributed by atoms with van der Waals surface area (Å²) in [6.07, 6.45) is 3.51. The van der Waals surface area contributed by atoms with Crippen LogP contribution in [0.2, 0.25) is 0 Å². The van der Waals surface area contributed by atoms with Gasteiger partial charge in [-0.05, 0) is 25.9 Å². The molecule has 0 amide bonds. The molecule has 18 heavy (non-hydrogen) atoms. The quantitative estimate of drug-likeness (QED) is 0.719. The number of rotatable bonds is 8. The summed E-state index contributed by atoms with van der Waals surface area (Å²) in [6.45, 7) is 14.1. The third kappa shape index (κ3) is 3.16. The smallest absolute Gasteiger partial charge is 0.191 e. The lowest BCUT2D eigenvalue weighted by Gasteiger charge is -2.39. The second kappa shape index (κ2) is 6.98. The van der Waals surface area contributed by atoms with Crippen molar-refractivity contribution in [3.63, 3.8) is 0 Å². The van der Waals surface area contributed by atoms with Crippen LogP contribution < -0.4 is 5.73 Å². The molecular formula is C14H30N4. The highest BCUT2D eigenvalue weighted by atomic mass is 15.4. The van der Waals surface area contributed by atoms with Crippen molar-refractivity contribution in [2.45, 2.75) is 52.5 Å². The van der Waals surface area contributed by atoms with Gasteiger partial charge in [0.25, 0.3) is 0 Å². The van der Waals surface area contributed by atoms with Gasteiger partial charge >= 0.3 is 0 Å². The molecule has 1 heterocycles. The van der Waals surface area contributed by atoms with E-state index in [2.05, 4.69) is 42.5 Å². The third-order valence-electron chi connectivity index (χ3n) is 4.29. The van der Waals surface area contributed by atoms with E-state index < -0.39 is 0 Å². The fourth-order valence-electron chi connectivity index (χ4n) is 2.93. The van der Waals surface area contributed by atoms with Crippen LogP contribution in [0.25, 0.3) is 0 Å². The molecule has 0 aromatic heterocycles. The third-order valence-corrected chi connectivity index (χ3v) is 4.29. The van der Waals surface area contributed by atoms with E-state index in [4.69, 9.17) is 5.73 Å². The molecule has 0 spiro atoms. The van der Waals surface area contributed by atoms with Crippen molar-refractivity contribution in [2.75, 3.05) is 32.7 Å². The van der Waals surface area contributed by atoms with Crippen LogP contribution >= 0.6 is 0 Å². The molecule has 0 aromatic rings. The van der Waals surface area contributed by atoms with Gasteiger partial charge in [0.05, 0.1) is 12.1 Å². The molecule has 0 saturated carbocycles. The first kappa shape index (κ1) is 15.3. The molecular weight excluding hydrogens is 224 g/mol. The summed E-state index contributed by atoms with van der Waals surface area (Å²) in [4.78, 5) is 9.29. The van der Waals surface area contributed by atoms with Crippen LogP contribution in [0.3, 0.4) is 0 Å². The molecule has 2 N–H and O–H groups in total. The number of guanidine groups is 1. The van der Waals surface area contributed by atoms with Crippen molar-refractivity contribution in [3.05, 3.63) is 0 Å². The molecule has 106 valence electrons. The number of nitrogens with zero attached hydrogens (tertiary/aromatic N) is 3. The highest BCUT2D eigenvalue weighted by Gasteiger charge is 2.39. The number of nitrogens with two attached hydrogens (primary N) is 1. The summed E-state index contributed by atoms with van der Waals surface area (Å²) in [6, 6.07) is 0. The number of aliphatic imine (C=N–C) groups is 1. The van der Waals surface area contributed by atoms with Crippen molar-refractivity contribution in [3.8, 4) is 0 Å². The lowest BCUT2D eigenvalue weighted by atomic mass is 9.89. The summed E-state index contributed by atoms with van der Waals surface area (Å²) in [5, 5.41) is 0. The summed E-state index contributed by atoms with van der Waals surface area (Å²) >= 11 is 0. The molecule has 1 atom stereocenters. The molecule has 4 heteroatoms. The molecule has 0 aliphatic carbocycles. The second-order valence-electron chi connectivity index (χ2n) is 5.18. The predicted molar refractivity (Wildman–Crippen MR) is 78.9 cm³/mol. The van der Waals surface area contributed by atoms with Crippen LogP contribution in [0, 0.1) is 0 Å². The van der Waals surface area contributed by atoms with Gasteiger partial charge < -0.3 is 15.5 Å². The van der Waals surface area contributed by atoms with Gasteiger partial charge in [-0.25, -0.2) is 0 Å². The summed E-state index contributed by atoms with van der Waals surface area (Å²) in [5.74, 6) is 0.748. The van der Waals surface area contributed by atoms with Crippen molar-refractivity contribution < 1.29 is 0 Å². The van der Waals surface area contributed by atoms with Gasteiger partial charge in [0.2, 0.25) is 0 Å². The molecule has 4 nitrogen and oxygen atoms in total. The molecule has 0 saturated heterocycles. The van der Waals surface area contributed by atoms with Crippen molar-refractivity contribution in [1.82, 2.24) is 9.80 Å². The zero-order valence-corrected chi connectivity index (χ0v) is 12.6. The highest BCUT2D eigenvalue weighted by molar-refractivity contribution is 5.81. The monoisotopic (exact) mass is 254 g/mol. The Morgan fingerprint density at radius 3 is 2.44 bits per heavy atom. The fourth-order valence-corrected chi connectivity index (χ4v) is 2.93. The Kier molecular flexibility index (Phi) is 5.93. The van der Waals surface area contributed by atoms with Gasteiger partial charge in [-0.15, -0.1) is 0 Å². The second-order valence-corrected chi connectivity index (χ2v) is 5.18. The van der Waals surface area contributed by atoms with Crippen LogP contribution in [-0.4, -0.2) is 54.0 Å². The Hall–Kier alpha value is -0.770. The van der Waals surface area contributed by atoms with Gasteiger partial charge in [0.1, 0.15) is 0 Å². The Morgan fingerprint density at radius 1 is 1.28 bits per heavy atom. The molecule has 1 aliphatic heterocycles. The van der Waals surface area contributed by atoms with E-state index in [-0.39, 0.29) is 5.54 Å². The molecule has 1 aliphatic rings. The van der Waals surface area contributed by atoms with E-state index in [1.165, 1.54) is 12.8 Å². The van der Waals surface area contributed by atoms with Crippen LogP contribution in [0.5, 0.6) is 0 Å². The molecule has 0 radical (unpaired) electrons. The number of hydrogen-bond donors (Lipinski definition) is 1. The van der Waals surface area contributed by atoms with Crippen LogP contribution in [0.1, 0.15) is 47.0 Å². The van der Waals surface area contributed by atoms with Gasteiger partial charge in [0, 0.05) is 13.1 Å². The molecule has 1 unspecified atom stereocenters. The van der Waals surface area contributed by atoms with Crippen LogP contribution in [0.4, 0.5) is 0 Å². The average molecular weight is 254 g/mol. The largest absolute Gasteiger partial charge is 0.370 e. The SMILES string of the molecule is CCCC1(CC)CN=C(N)N1CCN(CC)CC. The maximum absolute atomic E-state index is 6.09. The summed E-state index contributed by atoms with van der Waals surface area (Å²) in [5.41, 5.74) is 6.27. The van der Waals surface area contributed by atoms with Crippen molar-refractivity contribution in [2.24, 2.45) is 10.7 Å². The van der Waals surface area contributed by atoms with Gasteiger partial charge in [-0.2, -0.15) is 0 Å². The van der Waals surface area contributed by atoms with E-state index in [0.29, 0.717) is 0 Å². The minimum Gasteiger partial charge on any atom is -0.370 e. The molecule has 0 bridgehead atoms. The minimum atomic E-state index is 0.186. The fraction of sp³-hybridized carbons (Fsp3) is 0.929. The zero-order valence-electron chi connectivity index (χ0n) is 12.6. The standard InChI is InChI=1S/C14H30N4/c1-5-9-14(6-2)12-16-13(15)18(14)11-10-17(7-3)8-4/h5-12H2,1-4H3,(H2,15,16). The van der Waals surface area contributed by atoms with Crippen LogP contribution in [0.15, 0.2) is 4.99 Å². The highest BCUT2D eigenvalue weighted by Crippen LogP contribution is 2.30. The van der Waals surface area contributed by atoms with E-state index in [1.807, 2.05) is 0 Å². The number of hydrogen-bond acceptors (Lipinski definition) is 4. The first-order chi connectivity index (χ1) is 8.63. The maximum Gasteiger partial charge on any atom is 0.191 e.